The fraction of sp³-hybridized carbons (Fsp3) is 0.464. The molecule has 3 unspecified atom stereocenters. The lowest BCUT2D eigenvalue weighted by atomic mass is 9.85. The van der Waals surface area contributed by atoms with Gasteiger partial charge in [0.2, 0.25) is 5.91 Å². The Morgan fingerprint density at radius 3 is 2.23 bits per heavy atom. The van der Waals surface area contributed by atoms with Crippen LogP contribution < -0.4 is 5.32 Å². The van der Waals surface area contributed by atoms with E-state index < -0.39 is 23.5 Å². The van der Waals surface area contributed by atoms with Crippen LogP contribution in [-0.4, -0.2) is 53.2 Å². The van der Waals surface area contributed by atoms with Crippen molar-refractivity contribution in [3.8, 4) is 11.1 Å². The molecule has 2 amide bonds. The number of nitrogens with zero attached hydrogens (tertiary/aromatic N) is 1. The SMILES string of the molecule is CCCC(C)(NC(=O)OCC1c2ccccc2-c2ccccc21)C(=O)N1CCC(C(=O)O)C(C)C1. The number of fused-ring (bicyclic) bond motifs is 3. The lowest BCUT2D eigenvalue weighted by molar-refractivity contribution is -0.150. The fourth-order valence-electron chi connectivity index (χ4n) is 5.63. The van der Waals surface area contributed by atoms with Crippen LogP contribution in [0.15, 0.2) is 48.5 Å². The van der Waals surface area contributed by atoms with Crippen molar-refractivity contribution in [2.45, 2.75) is 51.5 Å². The van der Waals surface area contributed by atoms with E-state index in [0.29, 0.717) is 32.4 Å². The third kappa shape index (κ3) is 4.90. The number of piperidine rings is 1. The molecule has 0 bridgehead atoms. The molecule has 1 heterocycles. The Morgan fingerprint density at radius 2 is 1.69 bits per heavy atom. The van der Waals surface area contributed by atoms with Gasteiger partial charge in [-0.25, -0.2) is 4.79 Å². The van der Waals surface area contributed by atoms with Gasteiger partial charge in [-0.15, -0.1) is 0 Å². The van der Waals surface area contributed by atoms with Gasteiger partial charge in [-0.05, 0) is 47.9 Å². The second-order valence-electron chi connectivity index (χ2n) is 9.99. The molecule has 1 aliphatic heterocycles. The van der Waals surface area contributed by atoms with Crippen molar-refractivity contribution < 1.29 is 24.2 Å². The number of benzene rings is 2. The van der Waals surface area contributed by atoms with Crippen molar-refractivity contribution in [1.29, 1.82) is 0 Å². The zero-order valence-electron chi connectivity index (χ0n) is 20.6. The maximum atomic E-state index is 13.5. The first-order valence-corrected chi connectivity index (χ1v) is 12.4. The molecule has 0 spiro atoms. The van der Waals surface area contributed by atoms with Crippen molar-refractivity contribution in [2.24, 2.45) is 11.8 Å². The van der Waals surface area contributed by atoms with E-state index in [4.69, 9.17) is 4.74 Å². The number of nitrogens with one attached hydrogen (secondary N) is 1. The lowest BCUT2D eigenvalue weighted by Crippen LogP contribution is -2.60. The average Bonchev–Trinajstić information content (AvgIpc) is 3.16. The van der Waals surface area contributed by atoms with Crippen molar-refractivity contribution in [1.82, 2.24) is 10.2 Å². The molecule has 0 aromatic heterocycles. The molecule has 2 aromatic carbocycles. The minimum atomic E-state index is -1.12. The first-order chi connectivity index (χ1) is 16.7. The number of rotatable bonds is 7. The molecule has 186 valence electrons. The van der Waals surface area contributed by atoms with Crippen LogP contribution in [0.2, 0.25) is 0 Å². The molecule has 0 saturated carbocycles. The molecular formula is C28H34N2O5. The van der Waals surface area contributed by atoms with Gasteiger partial charge in [-0.3, -0.25) is 9.59 Å². The number of likely N-dealkylation sites (tertiary alicyclic amines) is 1. The van der Waals surface area contributed by atoms with Crippen molar-refractivity contribution >= 4 is 18.0 Å². The smallest absolute Gasteiger partial charge is 0.408 e. The molecule has 4 rings (SSSR count). The van der Waals surface area contributed by atoms with Crippen LogP contribution in [0.3, 0.4) is 0 Å². The van der Waals surface area contributed by atoms with Crippen molar-refractivity contribution in [3.63, 3.8) is 0 Å². The molecule has 1 fully saturated rings. The van der Waals surface area contributed by atoms with Crippen LogP contribution in [0.4, 0.5) is 4.79 Å². The summed E-state index contributed by atoms with van der Waals surface area (Å²) in [7, 11) is 0. The second kappa shape index (κ2) is 10.1. The molecule has 7 heteroatoms. The molecule has 1 aliphatic carbocycles. The molecular weight excluding hydrogens is 444 g/mol. The van der Waals surface area contributed by atoms with E-state index in [9.17, 15) is 19.5 Å². The van der Waals surface area contributed by atoms with E-state index in [-0.39, 0.29) is 24.3 Å². The average molecular weight is 479 g/mol. The Kier molecular flexibility index (Phi) is 7.15. The number of carboxylic acids is 1. The third-order valence-electron chi connectivity index (χ3n) is 7.45. The minimum Gasteiger partial charge on any atom is -0.481 e. The van der Waals surface area contributed by atoms with Gasteiger partial charge in [0.25, 0.3) is 0 Å². The highest BCUT2D eigenvalue weighted by molar-refractivity contribution is 5.90. The minimum absolute atomic E-state index is 0.0582. The fourth-order valence-corrected chi connectivity index (χ4v) is 5.63. The first kappa shape index (κ1) is 24.8. The number of carboxylic acid groups (broad SMARTS) is 1. The number of hydrogen-bond donors (Lipinski definition) is 2. The van der Waals surface area contributed by atoms with E-state index in [2.05, 4.69) is 29.6 Å². The number of carbonyl (C=O) groups excluding carboxylic acids is 2. The van der Waals surface area contributed by atoms with Gasteiger partial charge in [-0.2, -0.15) is 0 Å². The van der Waals surface area contributed by atoms with Gasteiger partial charge < -0.3 is 20.1 Å². The number of ether oxygens (including phenoxy) is 1. The third-order valence-corrected chi connectivity index (χ3v) is 7.45. The predicted octanol–water partition coefficient (Wildman–Crippen LogP) is 4.65. The summed E-state index contributed by atoms with van der Waals surface area (Å²) in [5.74, 6) is -1.67. The summed E-state index contributed by atoms with van der Waals surface area (Å²) in [6.07, 6.45) is 0.954. The van der Waals surface area contributed by atoms with Gasteiger partial charge in [0.1, 0.15) is 12.1 Å². The summed E-state index contributed by atoms with van der Waals surface area (Å²) in [6.45, 7) is 6.46. The summed E-state index contributed by atoms with van der Waals surface area (Å²) in [5.41, 5.74) is 3.45. The molecule has 3 atom stereocenters. The highest BCUT2D eigenvalue weighted by Crippen LogP contribution is 2.44. The van der Waals surface area contributed by atoms with Gasteiger partial charge in [0.05, 0.1) is 5.92 Å². The zero-order chi connectivity index (χ0) is 25.2. The molecule has 2 N–H and O–H groups in total. The quantitative estimate of drug-likeness (QED) is 0.604. The predicted molar refractivity (Wildman–Crippen MR) is 133 cm³/mol. The summed E-state index contributed by atoms with van der Waals surface area (Å²) < 4.78 is 5.69. The van der Waals surface area contributed by atoms with Crippen molar-refractivity contribution in [2.75, 3.05) is 19.7 Å². The topological polar surface area (TPSA) is 95.9 Å². The molecule has 35 heavy (non-hydrogen) atoms. The Hall–Kier alpha value is -3.35. The van der Waals surface area contributed by atoms with Crippen LogP contribution in [-0.2, 0) is 14.3 Å². The van der Waals surface area contributed by atoms with Gasteiger partial charge >= 0.3 is 12.1 Å². The van der Waals surface area contributed by atoms with Crippen molar-refractivity contribution in [3.05, 3.63) is 59.7 Å². The summed E-state index contributed by atoms with van der Waals surface area (Å²) in [5, 5.41) is 12.2. The van der Waals surface area contributed by atoms with Gasteiger partial charge in [0, 0.05) is 19.0 Å². The molecule has 0 radical (unpaired) electrons. The normalized spacial score (nSPS) is 20.9. The van der Waals surface area contributed by atoms with Gasteiger partial charge in [-0.1, -0.05) is 68.8 Å². The lowest BCUT2D eigenvalue weighted by Gasteiger charge is -2.40. The highest BCUT2D eigenvalue weighted by Gasteiger charge is 2.42. The van der Waals surface area contributed by atoms with Crippen LogP contribution in [0, 0.1) is 11.8 Å². The molecule has 7 nitrogen and oxygen atoms in total. The maximum Gasteiger partial charge on any atom is 0.408 e. The van der Waals surface area contributed by atoms with Crippen LogP contribution in [0.1, 0.15) is 57.1 Å². The Balaban J connectivity index is 1.43. The zero-order valence-corrected chi connectivity index (χ0v) is 20.6. The van der Waals surface area contributed by atoms with E-state index >= 15 is 0 Å². The number of alkyl carbamates (subject to hydrolysis) is 1. The largest absolute Gasteiger partial charge is 0.481 e. The van der Waals surface area contributed by atoms with E-state index in [0.717, 1.165) is 22.3 Å². The van der Waals surface area contributed by atoms with Crippen LogP contribution in [0.25, 0.3) is 11.1 Å². The highest BCUT2D eigenvalue weighted by atomic mass is 16.5. The Labute approximate surface area is 206 Å². The molecule has 1 saturated heterocycles. The second-order valence-corrected chi connectivity index (χ2v) is 9.99. The Bertz CT molecular complexity index is 1070. The number of amides is 2. The number of aliphatic carboxylic acids is 1. The first-order valence-electron chi connectivity index (χ1n) is 12.4. The van der Waals surface area contributed by atoms with E-state index in [1.165, 1.54) is 0 Å². The summed E-state index contributed by atoms with van der Waals surface area (Å²) in [6, 6.07) is 16.3. The van der Waals surface area contributed by atoms with Crippen LogP contribution >= 0.6 is 0 Å². The molecule has 2 aliphatic rings. The standard InChI is InChI=1S/C28H34N2O5/c1-4-14-28(3,26(33)30-15-13-19(25(31)32)18(2)16-30)29-27(34)35-17-24-22-11-7-5-9-20(22)21-10-6-8-12-23(21)24/h5-12,18-19,24H,4,13-17H2,1-3H3,(H,29,34)(H,31,32). The van der Waals surface area contributed by atoms with E-state index in [1.807, 2.05) is 38.1 Å². The van der Waals surface area contributed by atoms with E-state index in [1.54, 1.807) is 11.8 Å². The molecule has 2 aromatic rings. The Morgan fingerprint density at radius 1 is 1.09 bits per heavy atom. The number of hydrogen-bond acceptors (Lipinski definition) is 4. The van der Waals surface area contributed by atoms with Gasteiger partial charge in [0.15, 0.2) is 0 Å². The summed E-state index contributed by atoms with van der Waals surface area (Å²) >= 11 is 0. The number of carbonyl (C=O) groups is 3. The van der Waals surface area contributed by atoms with Crippen LogP contribution in [0.5, 0.6) is 0 Å². The summed E-state index contributed by atoms with van der Waals surface area (Å²) in [4.78, 5) is 39.5. The maximum absolute atomic E-state index is 13.5. The monoisotopic (exact) mass is 478 g/mol.